The van der Waals surface area contributed by atoms with E-state index < -0.39 is 12.1 Å². The van der Waals surface area contributed by atoms with Crippen LogP contribution in [0.4, 0.5) is 0 Å². The predicted molar refractivity (Wildman–Crippen MR) is 119 cm³/mol. The number of aliphatic hydroxyl groups is 2. The summed E-state index contributed by atoms with van der Waals surface area (Å²) in [5, 5.41) is 27.4. The van der Waals surface area contributed by atoms with Gasteiger partial charge >= 0.3 is 5.97 Å². The van der Waals surface area contributed by atoms with Crippen LogP contribution in [0.5, 0.6) is 0 Å². The molecule has 5 nitrogen and oxygen atoms in total. The monoisotopic (exact) mass is 426 g/mol. The molecule has 0 radical (unpaired) electrons. The van der Waals surface area contributed by atoms with Gasteiger partial charge in [0.1, 0.15) is 5.78 Å². The summed E-state index contributed by atoms with van der Waals surface area (Å²) in [5.74, 6) is 0.465. The third-order valence-corrected chi connectivity index (χ3v) is 6.86. The zero-order valence-corrected chi connectivity index (χ0v) is 18.7. The molecule has 0 bridgehead atoms. The number of carbonyl (C=O) groups is 2. The van der Waals surface area contributed by atoms with Gasteiger partial charge in [-0.15, -0.1) is 0 Å². The number of aliphatic hydroxyl groups excluding tert-OH is 2. The van der Waals surface area contributed by atoms with E-state index in [1.54, 1.807) is 11.8 Å². The molecule has 0 aromatic rings. The van der Waals surface area contributed by atoms with E-state index in [0.717, 1.165) is 6.42 Å². The number of Topliss-reactive ketones (excluding diaryl/α,β-unsaturated/α-hetero) is 1. The highest BCUT2D eigenvalue weighted by Gasteiger charge is 2.40. The molecule has 0 aromatic heterocycles. The molecule has 29 heavy (non-hydrogen) atoms. The third-order valence-electron chi connectivity index (χ3n) is 5.53. The number of thioether (sulfide) groups is 1. The molecule has 3 N–H and O–H groups in total. The Hall–Kier alpha value is -1.11. The standard InChI is InChI=1S/C23H38O5S/c1-3-4-9-17(2)10-8-12-19-18(21(26)16-22(19)29-15-14-24)11-6-5-7-13-20(25)23(27)28/h5-6,8,12,17-20,22,24-25H,3-4,7,9-11,13-16H2,1-2H3,(H,27,28)/b6-5-,12-8+/t17-,18+,19+,20?,22+/m0/s1. The van der Waals surface area contributed by atoms with Gasteiger partial charge in [0, 0.05) is 23.3 Å². The third kappa shape index (κ3) is 9.96. The number of allylic oxidation sites excluding steroid dienone is 4. The lowest BCUT2D eigenvalue weighted by atomic mass is 9.90. The molecule has 5 atom stereocenters. The van der Waals surface area contributed by atoms with Crippen molar-refractivity contribution in [3.05, 3.63) is 24.3 Å². The van der Waals surface area contributed by atoms with Crippen molar-refractivity contribution in [1.29, 1.82) is 0 Å². The molecule has 0 spiro atoms. The minimum atomic E-state index is -1.34. The molecule has 1 aliphatic carbocycles. The molecular weight excluding hydrogens is 388 g/mol. The van der Waals surface area contributed by atoms with Crippen LogP contribution in [0.15, 0.2) is 24.3 Å². The Morgan fingerprint density at radius 3 is 2.69 bits per heavy atom. The number of aliphatic carboxylic acids is 1. The van der Waals surface area contributed by atoms with Crippen LogP contribution in [0.2, 0.25) is 0 Å². The van der Waals surface area contributed by atoms with Crippen LogP contribution in [-0.2, 0) is 9.59 Å². The molecule has 1 aliphatic rings. The number of unbranched alkanes of at least 4 members (excludes halogenated alkanes) is 1. The SMILES string of the molecule is CCCC[C@H](C)C/C=C/[C@H]1[C@H](SCCO)CC(=O)[C@@H]1C/C=C\CCC(O)C(=O)O. The molecule has 0 saturated heterocycles. The Balaban J connectivity index is 2.65. The van der Waals surface area contributed by atoms with E-state index in [1.165, 1.54) is 19.3 Å². The smallest absolute Gasteiger partial charge is 0.332 e. The fourth-order valence-electron chi connectivity index (χ4n) is 3.76. The van der Waals surface area contributed by atoms with Gasteiger partial charge in [0.15, 0.2) is 6.10 Å². The molecule has 0 amide bonds. The lowest BCUT2D eigenvalue weighted by Gasteiger charge is -2.20. The summed E-state index contributed by atoms with van der Waals surface area (Å²) >= 11 is 1.68. The molecule has 1 unspecified atom stereocenters. The van der Waals surface area contributed by atoms with Gasteiger partial charge in [0.2, 0.25) is 0 Å². The Morgan fingerprint density at radius 2 is 2.03 bits per heavy atom. The predicted octanol–water partition coefficient (Wildman–Crippen LogP) is 4.23. The zero-order chi connectivity index (χ0) is 21.6. The van der Waals surface area contributed by atoms with Crippen molar-refractivity contribution in [3.63, 3.8) is 0 Å². The van der Waals surface area contributed by atoms with E-state index in [9.17, 15) is 14.7 Å². The van der Waals surface area contributed by atoms with Gasteiger partial charge in [-0.1, -0.05) is 57.4 Å². The number of carboxylic acids is 1. The number of carboxylic acid groups (broad SMARTS) is 1. The van der Waals surface area contributed by atoms with Gasteiger partial charge in [0.05, 0.1) is 6.61 Å². The van der Waals surface area contributed by atoms with E-state index in [1.807, 2.05) is 12.2 Å². The maximum atomic E-state index is 12.6. The van der Waals surface area contributed by atoms with Crippen LogP contribution in [0.3, 0.4) is 0 Å². The molecule has 1 rings (SSSR count). The van der Waals surface area contributed by atoms with Gasteiger partial charge in [-0.2, -0.15) is 11.8 Å². The minimum absolute atomic E-state index is 0.0611. The number of carbonyl (C=O) groups excluding carboxylic acids is 1. The van der Waals surface area contributed by atoms with Crippen molar-refractivity contribution < 1.29 is 24.9 Å². The topological polar surface area (TPSA) is 94.8 Å². The van der Waals surface area contributed by atoms with Gasteiger partial charge < -0.3 is 15.3 Å². The van der Waals surface area contributed by atoms with E-state index in [2.05, 4.69) is 26.0 Å². The second-order valence-corrected chi connectivity index (χ2v) is 9.38. The molecule has 0 aromatic carbocycles. The van der Waals surface area contributed by atoms with Gasteiger partial charge in [-0.05, 0) is 37.5 Å². The second kappa shape index (κ2) is 14.8. The molecule has 0 aliphatic heterocycles. The molecular formula is C23H38O5S. The Bertz CT molecular complexity index is 545. The maximum absolute atomic E-state index is 12.6. The van der Waals surface area contributed by atoms with E-state index in [-0.39, 0.29) is 35.9 Å². The number of ketones is 1. The molecule has 6 heteroatoms. The maximum Gasteiger partial charge on any atom is 0.332 e. The number of hydrogen-bond acceptors (Lipinski definition) is 5. The van der Waals surface area contributed by atoms with Crippen molar-refractivity contribution >= 4 is 23.5 Å². The Morgan fingerprint density at radius 1 is 1.28 bits per heavy atom. The number of rotatable bonds is 15. The molecule has 1 saturated carbocycles. The van der Waals surface area contributed by atoms with Crippen LogP contribution in [0.25, 0.3) is 0 Å². The van der Waals surface area contributed by atoms with Gasteiger partial charge in [0.25, 0.3) is 0 Å². The first-order valence-corrected chi connectivity index (χ1v) is 11.9. The zero-order valence-electron chi connectivity index (χ0n) is 17.8. The summed E-state index contributed by atoms with van der Waals surface area (Å²) < 4.78 is 0. The van der Waals surface area contributed by atoms with E-state index in [4.69, 9.17) is 10.2 Å². The summed E-state index contributed by atoms with van der Waals surface area (Å²) in [6.07, 6.45) is 13.5. The second-order valence-electron chi connectivity index (χ2n) is 8.04. The Labute approximate surface area is 179 Å². The summed E-state index contributed by atoms with van der Waals surface area (Å²) in [6.45, 7) is 4.59. The van der Waals surface area contributed by atoms with Crippen LogP contribution in [0, 0.1) is 17.8 Å². The highest BCUT2D eigenvalue weighted by molar-refractivity contribution is 8.00. The van der Waals surface area contributed by atoms with Crippen LogP contribution < -0.4 is 0 Å². The quantitative estimate of drug-likeness (QED) is 0.339. The first-order valence-electron chi connectivity index (χ1n) is 10.9. The summed E-state index contributed by atoms with van der Waals surface area (Å²) in [4.78, 5) is 23.2. The van der Waals surface area contributed by atoms with Crippen molar-refractivity contribution in [2.45, 2.75) is 76.6 Å². The molecule has 1 fully saturated rings. The van der Waals surface area contributed by atoms with E-state index >= 15 is 0 Å². The van der Waals surface area contributed by atoms with Crippen LogP contribution in [0.1, 0.15) is 65.2 Å². The highest BCUT2D eigenvalue weighted by Crippen LogP contribution is 2.40. The van der Waals surface area contributed by atoms with Crippen molar-refractivity contribution in [1.82, 2.24) is 0 Å². The average Bonchev–Trinajstić information content (AvgIpc) is 2.98. The van der Waals surface area contributed by atoms with Gasteiger partial charge in [-0.25, -0.2) is 4.79 Å². The molecule has 0 heterocycles. The van der Waals surface area contributed by atoms with Crippen molar-refractivity contribution in [3.8, 4) is 0 Å². The lowest BCUT2D eigenvalue weighted by molar-refractivity contribution is -0.146. The number of hydrogen-bond donors (Lipinski definition) is 3. The fraction of sp³-hybridized carbons (Fsp3) is 0.739. The van der Waals surface area contributed by atoms with Crippen molar-refractivity contribution in [2.24, 2.45) is 17.8 Å². The summed E-state index contributed by atoms with van der Waals surface area (Å²) in [5.41, 5.74) is 0. The van der Waals surface area contributed by atoms with E-state index in [0.29, 0.717) is 30.9 Å². The first kappa shape index (κ1) is 25.9. The van der Waals surface area contributed by atoms with Crippen LogP contribution in [-0.4, -0.2) is 50.8 Å². The minimum Gasteiger partial charge on any atom is -0.479 e. The average molecular weight is 427 g/mol. The highest BCUT2D eigenvalue weighted by atomic mass is 32.2. The fourth-order valence-corrected chi connectivity index (χ4v) is 4.95. The summed E-state index contributed by atoms with van der Waals surface area (Å²) in [7, 11) is 0. The van der Waals surface area contributed by atoms with Crippen molar-refractivity contribution in [2.75, 3.05) is 12.4 Å². The Kier molecular flexibility index (Phi) is 13.2. The summed E-state index contributed by atoms with van der Waals surface area (Å²) in [6, 6.07) is 0. The van der Waals surface area contributed by atoms with Crippen LogP contribution >= 0.6 is 11.8 Å². The van der Waals surface area contributed by atoms with Gasteiger partial charge in [-0.3, -0.25) is 4.79 Å². The molecule has 166 valence electrons. The lowest BCUT2D eigenvalue weighted by Crippen LogP contribution is -2.18. The first-order chi connectivity index (χ1) is 13.9. The largest absolute Gasteiger partial charge is 0.479 e. The normalized spacial score (nSPS) is 24.6.